The molecule has 0 bridgehead atoms. The Kier molecular flexibility index (Phi) is 6.17. The zero-order chi connectivity index (χ0) is 11.3. The van der Waals surface area contributed by atoms with Crippen LogP contribution in [-0.4, -0.2) is 42.1 Å². The Balaban J connectivity index is 2.23. The molecule has 1 aliphatic rings. The minimum Gasteiger partial charge on any atom is -0.376 e. The molecule has 0 N–H and O–H groups in total. The molecular weight excluding hydrogens is 254 g/mol. The second-order valence-electron chi connectivity index (χ2n) is 4.86. The molecule has 0 spiro atoms. The van der Waals surface area contributed by atoms with Crippen molar-refractivity contribution in [2.24, 2.45) is 5.92 Å². The van der Waals surface area contributed by atoms with Crippen LogP contribution < -0.4 is 0 Å². The van der Waals surface area contributed by atoms with Gasteiger partial charge in [-0.2, -0.15) is 0 Å². The molecular formula is C12H24BrNO. The predicted molar refractivity (Wildman–Crippen MR) is 68.6 cm³/mol. The molecule has 1 rings (SSSR count). The number of morpholine rings is 1. The van der Waals surface area contributed by atoms with E-state index in [4.69, 9.17) is 4.74 Å². The van der Waals surface area contributed by atoms with Crippen molar-refractivity contribution in [3.8, 4) is 0 Å². The summed E-state index contributed by atoms with van der Waals surface area (Å²) in [5.41, 5.74) is 0. The predicted octanol–water partition coefficient (Wildman–Crippen LogP) is 2.91. The molecule has 0 aromatic carbocycles. The van der Waals surface area contributed by atoms with Gasteiger partial charge in [0.15, 0.2) is 0 Å². The second-order valence-corrected chi connectivity index (χ2v) is 5.65. The summed E-state index contributed by atoms with van der Waals surface area (Å²) in [5, 5.41) is 1.13. The molecule has 15 heavy (non-hydrogen) atoms. The van der Waals surface area contributed by atoms with Crippen LogP contribution in [0.3, 0.4) is 0 Å². The molecule has 1 heterocycles. The molecule has 1 fully saturated rings. The van der Waals surface area contributed by atoms with Gasteiger partial charge in [-0.15, -0.1) is 0 Å². The normalized spacial score (nSPS) is 30.4. The highest BCUT2D eigenvalue weighted by Crippen LogP contribution is 2.15. The van der Waals surface area contributed by atoms with E-state index in [1.807, 2.05) is 0 Å². The molecule has 0 radical (unpaired) electrons. The number of alkyl halides is 1. The van der Waals surface area contributed by atoms with Crippen molar-refractivity contribution in [2.45, 2.75) is 45.8 Å². The monoisotopic (exact) mass is 277 g/mol. The fraction of sp³-hybridized carbons (Fsp3) is 1.00. The van der Waals surface area contributed by atoms with Crippen molar-refractivity contribution in [3.05, 3.63) is 0 Å². The SMILES string of the molecule is CC(CCBr)CCN1CC(C)OCC1C. The van der Waals surface area contributed by atoms with E-state index in [2.05, 4.69) is 41.6 Å². The van der Waals surface area contributed by atoms with Crippen LogP contribution >= 0.6 is 15.9 Å². The maximum atomic E-state index is 5.63. The van der Waals surface area contributed by atoms with Gasteiger partial charge in [-0.3, -0.25) is 4.90 Å². The highest BCUT2D eigenvalue weighted by atomic mass is 79.9. The Morgan fingerprint density at radius 2 is 2.13 bits per heavy atom. The van der Waals surface area contributed by atoms with E-state index in [1.165, 1.54) is 19.4 Å². The summed E-state index contributed by atoms with van der Waals surface area (Å²) in [4.78, 5) is 2.57. The molecule has 0 aromatic rings. The fourth-order valence-corrected chi connectivity index (χ4v) is 2.78. The highest BCUT2D eigenvalue weighted by molar-refractivity contribution is 9.09. The first-order chi connectivity index (χ1) is 7.13. The summed E-state index contributed by atoms with van der Waals surface area (Å²) in [6.07, 6.45) is 3.00. The van der Waals surface area contributed by atoms with E-state index >= 15 is 0 Å². The topological polar surface area (TPSA) is 12.5 Å². The van der Waals surface area contributed by atoms with Crippen LogP contribution in [0.4, 0.5) is 0 Å². The van der Waals surface area contributed by atoms with Gasteiger partial charge in [-0.25, -0.2) is 0 Å². The van der Waals surface area contributed by atoms with E-state index in [1.54, 1.807) is 0 Å². The molecule has 2 nitrogen and oxygen atoms in total. The third kappa shape index (κ3) is 4.83. The van der Waals surface area contributed by atoms with Crippen molar-refractivity contribution >= 4 is 15.9 Å². The Morgan fingerprint density at radius 3 is 2.80 bits per heavy atom. The average Bonchev–Trinajstić information content (AvgIpc) is 2.20. The quantitative estimate of drug-likeness (QED) is 0.717. The van der Waals surface area contributed by atoms with Crippen LogP contribution in [0.5, 0.6) is 0 Å². The van der Waals surface area contributed by atoms with Gasteiger partial charge >= 0.3 is 0 Å². The van der Waals surface area contributed by atoms with E-state index in [0.717, 1.165) is 24.4 Å². The lowest BCUT2D eigenvalue weighted by molar-refractivity contribution is -0.0505. The summed E-state index contributed by atoms with van der Waals surface area (Å²) in [6, 6.07) is 0.595. The highest BCUT2D eigenvalue weighted by Gasteiger charge is 2.23. The number of ether oxygens (including phenoxy) is 1. The first kappa shape index (κ1) is 13.5. The number of rotatable bonds is 5. The number of hydrogen-bond donors (Lipinski definition) is 0. The lowest BCUT2D eigenvalue weighted by Crippen LogP contribution is -2.47. The lowest BCUT2D eigenvalue weighted by atomic mass is 10.0. The molecule has 3 unspecified atom stereocenters. The Labute approximate surface area is 102 Å². The van der Waals surface area contributed by atoms with E-state index in [0.29, 0.717) is 12.1 Å². The maximum absolute atomic E-state index is 5.63. The zero-order valence-corrected chi connectivity index (χ0v) is 11.8. The fourth-order valence-electron chi connectivity index (χ4n) is 2.00. The summed E-state index contributed by atoms with van der Waals surface area (Å²) in [7, 11) is 0. The molecule has 0 saturated carbocycles. The lowest BCUT2D eigenvalue weighted by Gasteiger charge is -2.37. The summed E-state index contributed by atoms with van der Waals surface area (Å²) in [5.74, 6) is 0.828. The standard InChI is InChI=1S/C12H24BrNO/c1-10(4-6-13)5-7-14-8-12(3)15-9-11(14)2/h10-12H,4-9H2,1-3H3. The van der Waals surface area contributed by atoms with Crippen LogP contribution in [0.1, 0.15) is 33.6 Å². The maximum Gasteiger partial charge on any atom is 0.0674 e. The van der Waals surface area contributed by atoms with Crippen LogP contribution in [0.15, 0.2) is 0 Å². The number of halogens is 1. The van der Waals surface area contributed by atoms with E-state index < -0.39 is 0 Å². The Hall–Kier alpha value is 0.400. The average molecular weight is 278 g/mol. The zero-order valence-electron chi connectivity index (χ0n) is 10.2. The van der Waals surface area contributed by atoms with Gasteiger partial charge in [0.1, 0.15) is 0 Å². The van der Waals surface area contributed by atoms with Gasteiger partial charge in [-0.1, -0.05) is 22.9 Å². The minimum absolute atomic E-state index is 0.410. The van der Waals surface area contributed by atoms with Gasteiger partial charge in [0.25, 0.3) is 0 Å². The van der Waals surface area contributed by atoms with Crippen LogP contribution in [0.25, 0.3) is 0 Å². The van der Waals surface area contributed by atoms with Gasteiger partial charge in [-0.05, 0) is 39.2 Å². The van der Waals surface area contributed by atoms with Crippen LogP contribution in [0, 0.1) is 5.92 Å². The van der Waals surface area contributed by atoms with Crippen molar-refractivity contribution in [1.29, 1.82) is 0 Å². The van der Waals surface area contributed by atoms with Gasteiger partial charge in [0.05, 0.1) is 12.7 Å². The molecule has 3 heteroatoms. The second kappa shape index (κ2) is 6.87. The largest absolute Gasteiger partial charge is 0.376 e. The third-order valence-corrected chi connectivity index (χ3v) is 3.71. The molecule has 0 aliphatic carbocycles. The molecule has 1 saturated heterocycles. The third-order valence-electron chi connectivity index (χ3n) is 3.25. The summed E-state index contributed by atoms with van der Waals surface area (Å²) in [6.45, 7) is 10.00. The molecule has 1 aliphatic heterocycles. The minimum atomic E-state index is 0.410. The van der Waals surface area contributed by atoms with E-state index in [9.17, 15) is 0 Å². The molecule has 0 amide bonds. The number of hydrogen-bond acceptors (Lipinski definition) is 2. The van der Waals surface area contributed by atoms with Crippen molar-refractivity contribution in [3.63, 3.8) is 0 Å². The summed E-state index contributed by atoms with van der Waals surface area (Å²) >= 11 is 3.50. The number of nitrogens with zero attached hydrogens (tertiary/aromatic N) is 1. The van der Waals surface area contributed by atoms with Crippen LogP contribution in [0.2, 0.25) is 0 Å². The van der Waals surface area contributed by atoms with Crippen molar-refractivity contribution in [2.75, 3.05) is 25.0 Å². The van der Waals surface area contributed by atoms with Crippen molar-refractivity contribution < 1.29 is 4.74 Å². The van der Waals surface area contributed by atoms with Gasteiger partial charge in [0, 0.05) is 17.9 Å². The molecule has 0 aromatic heterocycles. The van der Waals surface area contributed by atoms with Gasteiger partial charge < -0.3 is 4.74 Å². The molecule has 3 atom stereocenters. The Bertz CT molecular complexity index is 177. The van der Waals surface area contributed by atoms with E-state index in [-0.39, 0.29) is 0 Å². The molecule has 90 valence electrons. The van der Waals surface area contributed by atoms with Crippen LogP contribution in [-0.2, 0) is 4.74 Å². The smallest absolute Gasteiger partial charge is 0.0674 e. The first-order valence-electron chi connectivity index (χ1n) is 6.05. The first-order valence-corrected chi connectivity index (χ1v) is 7.17. The van der Waals surface area contributed by atoms with Gasteiger partial charge in [0.2, 0.25) is 0 Å². The summed E-state index contributed by atoms with van der Waals surface area (Å²) < 4.78 is 5.63. The Morgan fingerprint density at radius 1 is 1.40 bits per heavy atom. The van der Waals surface area contributed by atoms with Crippen molar-refractivity contribution in [1.82, 2.24) is 4.90 Å².